The Morgan fingerprint density at radius 1 is 1.12 bits per heavy atom. The summed E-state index contributed by atoms with van der Waals surface area (Å²) in [6.07, 6.45) is 5.57. The molecule has 0 amide bonds. The van der Waals surface area contributed by atoms with Crippen LogP contribution >= 0.6 is 0 Å². The van der Waals surface area contributed by atoms with Crippen LogP contribution in [-0.4, -0.2) is 41.5 Å². The van der Waals surface area contributed by atoms with Crippen LogP contribution in [0.3, 0.4) is 0 Å². The van der Waals surface area contributed by atoms with Gasteiger partial charge in [0.1, 0.15) is 0 Å². The fraction of sp³-hybridized carbons (Fsp3) is 0.455. The minimum atomic E-state index is 0.274. The second kappa shape index (κ2) is 8.50. The number of nitrogens with two attached hydrogens (primary N) is 1. The summed E-state index contributed by atoms with van der Waals surface area (Å²) in [6.45, 7) is 18.3. The first kappa shape index (κ1) is 19.5. The van der Waals surface area contributed by atoms with Crippen molar-refractivity contribution in [2.45, 2.75) is 39.8 Å². The highest BCUT2D eigenvalue weighted by Crippen LogP contribution is 2.20. The van der Waals surface area contributed by atoms with Crippen molar-refractivity contribution < 1.29 is 0 Å². The minimum Gasteiger partial charge on any atom is -0.404 e. The smallest absolute Gasteiger partial charge is 0.0234 e. The van der Waals surface area contributed by atoms with Gasteiger partial charge < -0.3 is 5.73 Å². The van der Waals surface area contributed by atoms with Gasteiger partial charge in [-0.05, 0) is 44.4 Å². The van der Waals surface area contributed by atoms with Crippen LogP contribution in [0.2, 0.25) is 0 Å². The summed E-state index contributed by atoms with van der Waals surface area (Å²) >= 11 is 0. The fourth-order valence-electron chi connectivity index (χ4n) is 3.17. The third kappa shape index (κ3) is 5.58. The number of hydrogen-bond donors (Lipinski definition) is 1. The summed E-state index contributed by atoms with van der Waals surface area (Å²) in [5.74, 6) is 0. The Hall–Kier alpha value is -1.84. The van der Waals surface area contributed by atoms with Crippen LogP contribution in [-0.2, 0) is 6.54 Å². The minimum absolute atomic E-state index is 0.274. The maximum atomic E-state index is 5.79. The molecule has 0 saturated carbocycles. The highest BCUT2D eigenvalue weighted by Gasteiger charge is 2.25. The molecule has 0 spiro atoms. The number of rotatable bonds is 5. The summed E-state index contributed by atoms with van der Waals surface area (Å²) in [6, 6.07) is 8.75. The largest absolute Gasteiger partial charge is 0.404 e. The lowest BCUT2D eigenvalue weighted by atomic mass is 10.0. The zero-order valence-electron chi connectivity index (χ0n) is 16.3. The van der Waals surface area contributed by atoms with E-state index in [1.54, 1.807) is 6.20 Å². The van der Waals surface area contributed by atoms with E-state index < -0.39 is 0 Å². The molecule has 1 aromatic carbocycles. The van der Waals surface area contributed by atoms with Gasteiger partial charge in [-0.25, -0.2) is 0 Å². The zero-order chi connectivity index (χ0) is 18.4. The molecule has 1 aromatic rings. The Balaban J connectivity index is 1.96. The Morgan fingerprint density at radius 3 is 2.20 bits per heavy atom. The lowest BCUT2D eigenvalue weighted by Crippen LogP contribution is -2.53. The van der Waals surface area contributed by atoms with Gasteiger partial charge >= 0.3 is 0 Å². The van der Waals surface area contributed by atoms with Crippen molar-refractivity contribution in [1.29, 1.82) is 0 Å². The van der Waals surface area contributed by atoms with E-state index in [0.717, 1.165) is 49.4 Å². The molecule has 0 radical (unpaired) electrons. The van der Waals surface area contributed by atoms with Crippen molar-refractivity contribution >= 4 is 5.57 Å². The molecule has 1 saturated heterocycles. The molecule has 0 aliphatic carbocycles. The van der Waals surface area contributed by atoms with Crippen molar-refractivity contribution in [3.63, 3.8) is 0 Å². The van der Waals surface area contributed by atoms with Gasteiger partial charge in [0.15, 0.2) is 0 Å². The molecule has 1 aliphatic rings. The lowest BCUT2D eigenvalue weighted by Gasteiger charge is -2.42. The predicted molar refractivity (Wildman–Crippen MR) is 109 cm³/mol. The lowest BCUT2D eigenvalue weighted by molar-refractivity contribution is 0.0591. The molecule has 0 bridgehead atoms. The molecule has 1 heterocycles. The monoisotopic (exact) mass is 339 g/mol. The Morgan fingerprint density at radius 2 is 1.72 bits per heavy atom. The van der Waals surface area contributed by atoms with Gasteiger partial charge in [-0.3, -0.25) is 9.80 Å². The average Bonchev–Trinajstić information content (AvgIpc) is 2.60. The van der Waals surface area contributed by atoms with E-state index in [1.165, 1.54) is 5.56 Å². The molecule has 3 heteroatoms. The van der Waals surface area contributed by atoms with Gasteiger partial charge in [-0.1, -0.05) is 48.6 Å². The van der Waals surface area contributed by atoms with E-state index in [4.69, 9.17) is 5.73 Å². The van der Waals surface area contributed by atoms with Gasteiger partial charge in [0.2, 0.25) is 0 Å². The number of hydrogen-bond acceptors (Lipinski definition) is 3. The molecule has 0 atom stereocenters. The van der Waals surface area contributed by atoms with Gasteiger partial charge in [-0.15, -0.1) is 0 Å². The zero-order valence-corrected chi connectivity index (χ0v) is 16.3. The van der Waals surface area contributed by atoms with Crippen LogP contribution in [0.25, 0.3) is 5.57 Å². The molecule has 25 heavy (non-hydrogen) atoms. The SMILES string of the molecule is C=C/C(C)=C\C(=C/N)c1ccc(CN2CCN(C(C)(C)C)CC2)cc1. The van der Waals surface area contributed by atoms with E-state index in [-0.39, 0.29) is 5.54 Å². The fourth-order valence-corrected chi connectivity index (χ4v) is 3.17. The van der Waals surface area contributed by atoms with Crippen LogP contribution in [0.15, 0.2) is 54.8 Å². The van der Waals surface area contributed by atoms with E-state index >= 15 is 0 Å². The van der Waals surface area contributed by atoms with Gasteiger partial charge in [0.25, 0.3) is 0 Å². The first-order valence-corrected chi connectivity index (χ1v) is 9.13. The molecular formula is C22H33N3. The summed E-state index contributed by atoms with van der Waals surface area (Å²) in [5.41, 5.74) is 10.7. The van der Waals surface area contributed by atoms with Crippen LogP contribution in [0.1, 0.15) is 38.8 Å². The quantitative estimate of drug-likeness (QED) is 0.822. The molecule has 2 rings (SSSR count). The maximum absolute atomic E-state index is 5.79. The Labute approximate surface area is 153 Å². The maximum Gasteiger partial charge on any atom is 0.0234 e. The number of benzene rings is 1. The van der Waals surface area contributed by atoms with E-state index in [9.17, 15) is 0 Å². The van der Waals surface area contributed by atoms with E-state index in [0.29, 0.717) is 0 Å². The van der Waals surface area contributed by atoms with Crippen molar-refractivity contribution in [3.8, 4) is 0 Å². The summed E-state index contributed by atoms with van der Waals surface area (Å²) in [4.78, 5) is 5.11. The number of allylic oxidation sites excluding steroid dienone is 4. The van der Waals surface area contributed by atoms with Crippen LogP contribution in [0.4, 0.5) is 0 Å². The van der Waals surface area contributed by atoms with Gasteiger partial charge in [0, 0.05) is 44.5 Å². The van der Waals surface area contributed by atoms with Crippen LogP contribution < -0.4 is 5.73 Å². The third-order valence-corrected chi connectivity index (χ3v) is 4.90. The second-order valence-electron chi connectivity index (χ2n) is 7.85. The number of piperazine rings is 1. The van der Waals surface area contributed by atoms with Crippen molar-refractivity contribution in [2.24, 2.45) is 5.73 Å². The molecule has 3 nitrogen and oxygen atoms in total. The van der Waals surface area contributed by atoms with E-state index in [1.807, 2.05) is 13.0 Å². The summed E-state index contributed by atoms with van der Waals surface area (Å²) in [7, 11) is 0. The molecule has 2 N–H and O–H groups in total. The van der Waals surface area contributed by atoms with Crippen molar-refractivity contribution in [2.75, 3.05) is 26.2 Å². The summed E-state index contributed by atoms with van der Waals surface area (Å²) < 4.78 is 0. The molecule has 1 aliphatic heterocycles. The molecule has 1 fully saturated rings. The Bertz CT molecular complexity index is 624. The second-order valence-corrected chi connectivity index (χ2v) is 7.85. The summed E-state index contributed by atoms with van der Waals surface area (Å²) in [5, 5.41) is 0. The molecule has 136 valence electrons. The molecule has 0 aromatic heterocycles. The standard InChI is InChI=1S/C22H33N3/c1-6-18(2)15-21(16-23)20-9-7-19(8-10-20)17-24-11-13-25(14-12-24)22(3,4)5/h6-10,15-16H,1,11-14,17,23H2,2-5H3/b18-15-,21-16+. The van der Waals surface area contributed by atoms with E-state index in [2.05, 4.69) is 67.5 Å². The molecular weight excluding hydrogens is 306 g/mol. The highest BCUT2D eigenvalue weighted by atomic mass is 15.3. The first-order chi connectivity index (χ1) is 11.8. The first-order valence-electron chi connectivity index (χ1n) is 9.13. The third-order valence-electron chi connectivity index (χ3n) is 4.90. The van der Waals surface area contributed by atoms with Crippen molar-refractivity contribution in [3.05, 3.63) is 65.9 Å². The van der Waals surface area contributed by atoms with Crippen molar-refractivity contribution in [1.82, 2.24) is 9.80 Å². The normalized spacial score (nSPS) is 18.4. The van der Waals surface area contributed by atoms with Gasteiger partial charge in [0.05, 0.1) is 0 Å². The number of nitrogens with zero attached hydrogens (tertiary/aromatic N) is 2. The van der Waals surface area contributed by atoms with Gasteiger partial charge in [-0.2, -0.15) is 0 Å². The Kier molecular flexibility index (Phi) is 6.63. The average molecular weight is 340 g/mol. The molecule has 0 unspecified atom stereocenters. The topological polar surface area (TPSA) is 32.5 Å². The predicted octanol–water partition coefficient (Wildman–Crippen LogP) is 4.03. The van der Waals surface area contributed by atoms with Crippen LogP contribution in [0, 0.1) is 0 Å². The highest BCUT2D eigenvalue weighted by molar-refractivity contribution is 5.74. The van der Waals surface area contributed by atoms with Crippen LogP contribution in [0.5, 0.6) is 0 Å².